The van der Waals surface area contributed by atoms with E-state index in [1.807, 2.05) is 11.8 Å². The van der Waals surface area contributed by atoms with Crippen molar-refractivity contribution < 1.29 is 0 Å². The van der Waals surface area contributed by atoms with Crippen LogP contribution in [0.25, 0.3) is 10.8 Å². The van der Waals surface area contributed by atoms with E-state index in [-0.39, 0.29) is 0 Å². The number of benzene rings is 4. The van der Waals surface area contributed by atoms with Crippen LogP contribution >= 0.6 is 11.8 Å². The minimum atomic E-state index is 1.26. The van der Waals surface area contributed by atoms with Crippen molar-refractivity contribution in [3.05, 3.63) is 89.5 Å². The average Bonchev–Trinajstić information content (AvgIpc) is 2.65. The Morgan fingerprint density at radius 1 is 0.630 bits per heavy atom. The molecular formula is C25H21NS. The van der Waals surface area contributed by atoms with E-state index in [2.05, 4.69) is 98.5 Å². The Balaban J connectivity index is 1.84. The second kappa shape index (κ2) is 6.17. The smallest absolute Gasteiger partial charge is 0.0608 e. The molecule has 0 atom stereocenters. The van der Waals surface area contributed by atoms with Crippen molar-refractivity contribution in [1.29, 1.82) is 0 Å². The summed E-state index contributed by atoms with van der Waals surface area (Å²) in [6, 6.07) is 26.6. The fourth-order valence-corrected chi connectivity index (χ4v) is 5.29. The van der Waals surface area contributed by atoms with Gasteiger partial charge < -0.3 is 4.90 Å². The Bertz CT molecular complexity index is 1170. The van der Waals surface area contributed by atoms with Crippen LogP contribution in [0, 0.1) is 20.8 Å². The van der Waals surface area contributed by atoms with Crippen molar-refractivity contribution in [2.45, 2.75) is 30.6 Å². The van der Waals surface area contributed by atoms with Crippen LogP contribution in [-0.2, 0) is 0 Å². The minimum absolute atomic E-state index is 1.26. The van der Waals surface area contributed by atoms with Crippen molar-refractivity contribution in [1.82, 2.24) is 0 Å². The van der Waals surface area contributed by atoms with Crippen LogP contribution in [0.2, 0.25) is 0 Å². The summed E-state index contributed by atoms with van der Waals surface area (Å²) in [6.07, 6.45) is 0. The van der Waals surface area contributed by atoms with Crippen molar-refractivity contribution in [3.8, 4) is 0 Å². The number of rotatable bonds is 1. The molecule has 0 radical (unpaired) electrons. The monoisotopic (exact) mass is 367 g/mol. The number of hydrogen-bond acceptors (Lipinski definition) is 2. The van der Waals surface area contributed by atoms with Gasteiger partial charge in [0.1, 0.15) is 0 Å². The highest BCUT2D eigenvalue weighted by atomic mass is 32.2. The summed E-state index contributed by atoms with van der Waals surface area (Å²) in [5.41, 5.74) is 7.77. The maximum absolute atomic E-state index is 2.46. The van der Waals surface area contributed by atoms with E-state index >= 15 is 0 Å². The van der Waals surface area contributed by atoms with E-state index in [0.29, 0.717) is 0 Å². The summed E-state index contributed by atoms with van der Waals surface area (Å²) < 4.78 is 0. The molecule has 132 valence electrons. The molecule has 5 rings (SSSR count). The summed E-state index contributed by atoms with van der Waals surface area (Å²) in [7, 11) is 0. The predicted molar refractivity (Wildman–Crippen MR) is 117 cm³/mol. The summed E-state index contributed by atoms with van der Waals surface area (Å²) in [4.78, 5) is 5.07. The molecule has 0 amide bonds. The second-order valence-electron chi connectivity index (χ2n) is 7.32. The molecule has 0 aliphatic carbocycles. The molecule has 0 unspecified atom stereocenters. The summed E-state index contributed by atoms with van der Waals surface area (Å²) in [6.45, 7) is 6.62. The van der Waals surface area contributed by atoms with Crippen molar-refractivity contribution in [3.63, 3.8) is 0 Å². The number of fused-ring (bicyclic) bond motifs is 3. The molecule has 2 heteroatoms. The first-order chi connectivity index (χ1) is 13.1. The first-order valence-electron chi connectivity index (χ1n) is 9.29. The first-order valence-corrected chi connectivity index (χ1v) is 10.1. The van der Waals surface area contributed by atoms with Crippen LogP contribution in [-0.4, -0.2) is 0 Å². The van der Waals surface area contributed by atoms with Gasteiger partial charge in [-0.15, -0.1) is 0 Å². The van der Waals surface area contributed by atoms with Gasteiger partial charge in [0, 0.05) is 9.79 Å². The molecule has 1 aliphatic rings. The van der Waals surface area contributed by atoms with Crippen LogP contribution in [0.15, 0.2) is 82.6 Å². The lowest BCUT2D eigenvalue weighted by atomic mass is 10.0. The summed E-state index contributed by atoms with van der Waals surface area (Å²) >= 11 is 1.87. The number of anilines is 3. The Morgan fingerprint density at radius 3 is 2.00 bits per heavy atom. The van der Waals surface area contributed by atoms with Crippen LogP contribution < -0.4 is 4.90 Å². The molecule has 0 saturated heterocycles. The molecule has 0 bridgehead atoms. The van der Waals surface area contributed by atoms with Crippen LogP contribution in [0.3, 0.4) is 0 Å². The van der Waals surface area contributed by atoms with Gasteiger partial charge in [-0.1, -0.05) is 65.9 Å². The van der Waals surface area contributed by atoms with Crippen LogP contribution in [0.4, 0.5) is 17.1 Å². The maximum Gasteiger partial charge on any atom is 0.0608 e. The lowest BCUT2D eigenvalue weighted by Crippen LogP contribution is -2.17. The van der Waals surface area contributed by atoms with Gasteiger partial charge in [0.05, 0.1) is 17.1 Å². The fourth-order valence-electron chi connectivity index (χ4n) is 4.21. The predicted octanol–water partition coefficient (Wildman–Crippen LogP) is 7.70. The van der Waals surface area contributed by atoms with Gasteiger partial charge >= 0.3 is 0 Å². The van der Waals surface area contributed by atoms with Crippen molar-refractivity contribution in [2.24, 2.45) is 0 Å². The van der Waals surface area contributed by atoms with Crippen LogP contribution in [0.1, 0.15) is 16.7 Å². The molecule has 1 heterocycles. The lowest BCUT2D eigenvalue weighted by molar-refractivity contribution is 1.14. The third-order valence-corrected chi connectivity index (χ3v) is 6.37. The number of hydrogen-bond donors (Lipinski definition) is 0. The largest absolute Gasteiger partial charge is 0.308 e. The van der Waals surface area contributed by atoms with Gasteiger partial charge in [-0.3, -0.25) is 0 Å². The molecule has 0 N–H and O–H groups in total. The molecule has 0 fully saturated rings. The average molecular weight is 368 g/mol. The maximum atomic E-state index is 2.46. The van der Waals surface area contributed by atoms with Gasteiger partial charge in [0.2, 0.25) is 0 Å². The third-order valence-electron chi connectivity index (χ3n) is 5.25. The van der Waals surface area contributed by atoms with Gasteiger partial charge in [0.25, 0.3) is 0 Å². The molecule has 0 aromatic heterocycles. The van der Waals surface area contributed by atoms with Crippen LogP contribution in [0.5, 0.6) is 0 Å². The molecule has 27 heavy (non-hydrogen) atoms. The number of aryl methyl sites for hydroxylation is 3. The Hall–Kier alpha value is -2.71. The van der Waals surface area contributed by atoms with E-state index in [4.69, 9.17) is 0 Å². The Morgan fingerprint density at radius 2 is 1.26 bits per heavy atom. The highest BCUT2D eigenvalue weighted by Gasteiger charge is 2.27. The molecule has 1 aliphatic heterocycles. The normalized spacial score (nSPS) is 12.8. The molecule has 4 aromatic carbocycles. The van der Waals surface area contributed by atoms with E-state index in [1.54, 1.807) is 0 Å². The number of nitrogens with zero attached hydrogens (tertiary/aromatic N) is 1. The molecule has 0 saturated carbocycles. The van der Waals surface area contributed by atoms with Crippen molar-refractivity contribution in [2.75, 3.05) is 4.90 Å². The summed E-state index contributed by atoms with van der Waals surface area (Å²) in [5, 5.41) is 2.57. The van der Waals surface area contributed by atoms with Crippen molar-refractivity contribution >= 4 is 39.6 Å². The lowest BCUT2D eigenvalue weighted by Gasteiger charge is -2.35. The Labute approximate surface area is 164 Å². The van der Waals surface area contributed by atoms with Gasteiger partial charge in [-0.05, 0) is 66.9 Å². The van der Waals surface area contributed by atoms with Gasteiger partial charge in [0.15, 0.2) is 0 Å². The van der Waals surface area contributed by atoms with E-state index in [0.717, 1.165) is 0 Å². The van der Waals surface area contributed by atoms with E-state index < -0.39 is 0 Å². The van der Waals surface area contributed by atoms with E-state index in [9.17, 15) is 0 Å². The highest BCUT2D eigenvalue weighted by Crippen LogP contribution is 2.53. The minimum Gasteiger partial charge on any atom is -0.308 e. The molecular weight excluding hydrogens is 346 g/mol. The SMILES string of the molecule is Cc1cc(C)c(N2c3ccccc3Sc3cc4ccccc4cc32)c(C)c1. The molecule has 1 nitrogen and oxygen atoms in total. The third kappa shape index (κ3) is 2.64. The van der Waals surface area contributed by atoms with Gasteiger partial charge in [-0.25, -0.2) is 0 Å². The quantitative estimate of drug-likeness (QED) is 0.298. The Kier molecular flexibility index (Phi) is 3.76. The standard InChI is InChI=1S/C25H21NS/c1-16-12-17(2)25(18(3)13-16)26-21-10-6-7-11-23(21)27-24-15-20-9-5-4-8-19(20)14-22(24)26/h4-15H,1-3H3. The second-order valence-corrected chi connectivity index (χ2v) is 8.40. The molecule has 4 aromatic rings. The summed E-state index contributed by atoms with van der Waals surface area (Å²) in [5.74, 6) is 0. The highest BCUT2D eigenvalue weighted by molar-refractivity contribution is 7.99. The fraction of sp³-hybridized carbons (Fsp3) is 0.120. The first kappa shape index (κ1) is 16.5. The van der Waals surface area contributed by atoms with E-state index in [1.165, 1.54) is 54.3 Å². The van der Waals surface area contributed by atoms with Gasteiger partial charge in [-0.2, -0.15) is 0 Å². The zero-order chi connectivity index (χ0) is 18.5. The number of para-hydroxylation sites is 1. The molecule has 0 spiro atoms. The topological polar surface area (TPSA) is 3.24 Å². The zero-order valence-electron chi connectivity index (χ0n) is 15.8. The zero-order valence-corrected chi connectivity index (χ0v) is 16.6.